The Labute approximate surface area is 134 Å². The second-order valence-electron chi connectivity index (χ2n) is 6.22. The Balaban J connectivity index is 0.00000220. The van der Waals surface area contributed by atoms with E-state index in [-0.39, 0.29) is 24.4 Å². The lowest BCUT2D eigenvalue weighted by Gasteiger charge is -2.24. The molecule has 118 valence electrons. The highest BCUT2D eigenvalue weighted by molar-refractivity contribution is 5.85. The smallest absolute Gasteiger partial charge is 0.234 e. The molecular weight excluding hydrogens is 284 g/mol. The van der Waals surface area contributed by atoms with E-state index in [0.717, 1.165) is 12.5 Å². The number of benzene rings is 1. The summed E-state index contributed by atoms with van der Waals surface area (Å²) in [5.74, 6) is 1.27. The number of amides is 1. The standard InChI is InChI=1S/C17H26N2O.ClH/c1-12(2)17(15-7-5-4-6-13(15)3)19-16(20)11-18-10-14-8-9-14;/h4-7,12,14,17-18H,8-11H2,1-3H3,(H,19,20);1H. The topological polar surface area (TPSA) is 41.1 Å². The first kappa shape index (κ1) is 18.0. The van der Waals surface area contributed by atoms with Crippen molar-refractivity contribution in [2.45, 2.75) is 39.7 Å². The van der Waals surface area contributed by atoms with Crippen molar-refractivity contribution in [1.82, 2.24) is 10.6 Å². The lowest BCUT2D eigenvalue weighted by Crippen LogP contribution is -2.38. The van der Waals surface area contributed by atoms with E-state index in [2.05, 4.69) is 43.5 Å². The maximum absolute atomic E-state index is 12.1. The highest BCUT2D eigenvalue weighted by atomic mass is 35.5. The van der Waals surface area contributed by atoms with Crippen LogP contribution in [0.1, 0.15) is 43.9 Å². The minimum atomic E-state index is 0. The number of aryl methyl sites for hydroxylation is 1. The van der Waals surface area contributed by atoms with Crippen molar-refractivity contribution in [3.05, 3.63) is 35.4 Å². The number of carbonyl (C=O) groups excluding carboxylic acids is 1. The van der Waals surface area contributed by atoms with E-state index in [0.29, 0.717) is 12.5 Å². The Morgan fingerprint density at radius 1 is 1.29 bits per heavy atom. The zero-order valence-electron chi connectivity index (χ0n) is 13.2. The molecule has 1 aromatic carbocycles. The molecule has 1 aromatic rings. The summed E-state index contributed by atoms with van der Waals surface area (Å²) >= 11 is 0. The van der Waals surface area contributed by atoms with Gasteiger partial charge in [-0.3, -0.25) is 4.79 Å². The van der Waals surface area contributed by atoms with E-state index >= 15 is 0 Å². The third-order valence-electron chi connectivity index (χ3n) is 3.92. The molecule has 4 heteroatoms. The van der Waals surface area contributed by atoms with Gasteiger partial charge in [-0.2, -0.15) is 0 Å². The number of carbonyl (C=O) groups is 1. The summed E-state index contributed by atoms with van der Waals surface area (Å²) in [5, 5.41) is 6.41. The van der Waals surface area contributed by atoms with Crippen LogP contribution in [-0.2, 0) is 4.79 Å². The molecule has 0 heterocycles. The molecule has 1 aliphatic rings. The molecule has 0 aromatic heterocycles. The molecule has 0 radical (unpaired) electrons. The van der Waals surface area contributed by atoms with Gasteiger partial charge in [-0.25, -0.2) is 0 Å². The van der Waals surface area contributed by atoms with Crippen LogP contribution in [0, 0.1) is 18.8 Å². The van der Waals surface area contributed by atoms with E-state index in [4.69, 9.17) is 0 Å². The number of hydrogen-bond acceptors (Lipinski definition) is 2. The van der Waals surface area contributed by atoms with E-state index in [9.17, 15) is 4.79 Å². The summed E-state index contributed by atoms with van der Waals surface area (Å²) in [4.78, 5) is 12.1. The summed E-state index contributed by atoms with van der Waals surface area (Å²) in [5.41, 5.74) is 2.45. The van der Waals surface area contributed by atoms with Crippen molar-refractivity contribution >= 4 is 18.3 Å². The van der Waals surface area contributed by atoms with E-state index in [1.54, 1.807) is 0 Å². The van der Waals surface area contributed by atoms with Gasteiger partial charge in [-0.05, 0) is 49.3 Å². The van der Waals surface area contributed by atoms with E-state index in [1.807, 2.05) is 12.1 Å². The Kier molecular flexibility index (Phi) is 7.20. The van der Waals surface area contributed by atoms with Crippen LogP contribution in [0.3, 0.4) is 0 Å². The molecule has 1 fully saturated rings. The normalized spacial score (nSPS) is 15.4. The molecule has 0 bridgehead atoms. The fraction of sp³-hybridized carbons (Fsp3) is 0.588. The molecule has 0 saturated heterocycles. The van der Waals surface area contributed by atoms with Gasteiger partial charge in [0.05, 0.1) is 12.6 Å². The summed E-state index contributed by atoms with van der Waals surface area (Å²) < 4.78 is 0. The molecule has 0 aliphatic heterocycles. The van der Waals surface area contributed by atoms with Crippen molar-refractivity contribution in [3.63, 3.8) is 0 Å². The molecule has 1 unspecified atom stereocenters. The summed E-state index contributed by atoms with van der Waals surface area (Å²) in [7, 11) is 0. The van der Waals surface area contributed by atoms with Crippen LogP contribution >= 0.6 is 12.4 Å². The van der Waals surface area contributed by atoms with Crippen LogP contribution in [0.25, 0.3) is 0 Å². The SMILES string of the molecule is Cc1ccccc1C(NC(=O)CNCC1CC1)C(C)C.Cl. The fourth-order valence-corrected chi connectivity index (χ4v) is 2.48. The third-order valence-corrected chi connectivity index (χ3v) is 3.92. The molecule has 2 rings (SSSR count). The van der Waals surface area contributed by atoms with Gasteiger partial charge in [-0.15, -0.1) is 12.4 Å². The Morgan fingerprint density at radius 3 is 2.52 bits per heavy atom. The lowest BCUT2D eigenvalue weighted by molar-refractivity contribution is -0.121. The highest BCUT2D eigenvalue weighted by Gasteiger charge is 2.22. The first-order valence-electron chi connectivity index (χ1n) is 7.63. The van der Waals surface area contributed by atoms with Gasteiger partial charge >= 0.3 is 0 Å². The molecule has 1 amide bonds. The molecule has 2 N–H and O–H groups in total. The van der Waals surface area contributed by atoms with Gasteiger partial charge in [0.15, 0.2) is 0 Å². The van der Waals surface area contributed by atoms with Gasteiger partial charge in [0.1, 0.15) is 0 Å². The number of nitrogens with one attached hydrogen (secondary N) is 2. The second kappa shape index (κ2) is 8.40. The van der Waals surface area contributed by atoms with Crippen LogP contribution < -0.4 is 10.6 Å². The maximum Gasteiger partial charge on any atom is 0.234 e. The Bertz CT molecular complexity index is 458. The second-order valence-corrected chi connectivity index (χ2v) is 6.22. The minimum absolute atomic E-state index is 0. The highest BCUT2D eigenvalue weighted by Crippen LogP contribution is 2.27. The maximum atomic E-state index is 12.1. The van der Waals surface area contributed by atoms with Gasteiger partial charge in [0.2, 0.25) is 5.91 Å². The number of halogens is 1. The van der Waals surface area contributed by atoms with Crippen LogP contribution in [0.2, 0.25) is 0 Å². The van der Waals surface area contributed by atoms with Gasteiger partial charge < -0.3 is 10.6 Å². The van der Waals surface area contributed by atoms with Crippen molar-refractivity contribution < 1.29 is 4.79 Å². The molecule has 0 spiro atoms. The van der Waals surface area contributed by atoms with Crippen molar-refractivity contribution in [1.29, 1.82) is 0 Å². The van der Waals surface area contributed by atoms with Crippen LogP contribution in [0.4, 0.5) is 0 Å². The Morgan fingerprint density at radius 2 is 1.95 bits per heavy atom. The molecule has 1 saturated carbocycles. The zero-order chi connectivity index (χ0) is 14.5. The summed E-state index contributed by atoms with van der Waals surface area (Å²) in [6.45, 7) is 7.79. The largest absolute Gasteiger partial charge is 0.348 e. The first-order valence-corrected chi connectivity index (χ1v) is 7.63. The Hall–Kier alpha value is -1.06. The van der Waals surface area contributed by atoms with Crippen LogP contribution in [0.5, 0.6) is 0 Å². The monoisotopic (exact) mass is 310 g/mol. The molecule has 3 nitrogen and oxygen atoms in total. The van der Waals surface area contributed by atoms with Crippen LogP contribution in [0.15, 0.2) is 24.3 Å². The van der Waals surface area contributed by atoms with E-state index < -0.39 is 0 Å². The number of rotatable bonds is 7. The van der Waals surface area contributed by atoms with Gasteiger partial charge in [-0.1, -0.05) is 38.1 Å². The fourth-order valence-electron chi connectivity index (χ4n) is 2.48. The lowest BCUT2D eigenvalue weighted by atomic mass is 9.92. The summed E-state index contributed by atoms with van der Waals surface area (Å²) in [6, 6.07) is 8.37. The average molecular weight is 311 g/mol. The predicted octanol–water partition coefficient (Wildman–Crippen LogP) is 3.23. The quantitative estimate of drug-likeness (QED) is 0.812. The molecular formula is C17H27ClN2O. The molecule has 1 aliphatic carbocycles. The van der Waals surface area contributed by atoms with Crippen molar-refractivity contribution in [2.75, 3.05) is 13.1 Å². The minimum Gasteiger partial charge on any atom is -0.348 e. The van der Waals surface area contributed by atoms with Crippen molar-refractivity contribution in [2.24, 2.45) is 11.8 Å². The number of hydrogen-bond donors (Lipinski definition) is 2. The first-order chi connectivity index (χ1) is 9.58. The summed E-state index contributed by atoms with van der Waals surface area (Å²) in [6.07, 6.45) is 2.62. The van der Waals surface area contributed by atoms with Crippen molar-refractivity contribution in [3.8, 4) is 0 Å². The van der Waals surface area contributed by atoms with Gasteiger partial charge in [0.25, 0.3) is 0 Å². The average Bonchev–Trinajstić information content (AvgIpc) is 3.21. The van der Waals surface area contributed by atoms with Gasteiger partial charge in [0, 0.05) is 0 Å². The molecule has 1 atom stereocenters. The van der Waals surface area contributed by atoms with Crippen LogP contribution in [-0.4, -0.2) is 19.0 Å². The van der Waals surface area contributed by atoms with E-state index in [1.165, 1.54) is 24.0 Å². The molecule has 21 heavy (non-hydrogen) atoms. The zero-order valence-corrected chi connectivity index (χ0v) is 14.0. The third kappa shape index (κ3) is 5.68. The predicted molar refractivity (Wildman–Crippen MR) is 89.7 cm³/mol.